The van der Waals surface area contributed by atoms with Gasteiger partial charge in [-0.3, -0.25) is 0 Å². The molecule has 0 aliphatic heterocycles. The monoisotopic (exact) mass is 765 g/mol. The molecule has 0 spiro atoms. The number of fused-ring (bicyclic) bond motifs is 3. The summed E-state index contributed by atoms with van der Waals surface area (Å²) in [6, 6.07) is 82.7. The third-order valence-corrected chi connectivity index (χ3v) is 12.6. The fraction of sp³-hybridized carbons (Fsp3) is 0.0508. The predicted molar refractivity (Wildman–Crippen MR) is 253 cm³/mol. The summed E-state index contributed by atoms with van der Waals surface area (Å²) in [5, 5.41) is 2.48. The van der Waals surface area contributed by atoms with Gasteiger partial charge in [0, 0.05) is 16.9 Å². The fourth-order valence-corrected chi connectivity index (χ4v) is 9.99. The summed E-state index contributed by atoms with van der Waals surface area (Å²) in [5.41, 5.74) is 18.1. The molecule has 0 N–H and O–H groups in total. The number of hydrogen-bond acceptors (Lipinski definition) is 1. The van der Waals surface area contributed by atoms with E-state index in [-0.39, 0.29) is 0 Å². The van der Waals surface area contributed by atoms with Gasteiger partial charge < -0.3 is 4.90 Å². The summed E-state index contributed by atoms with van der Waals surface area (Å²) in [4.78, 5) is 2.51. The van der Waals surface area contributed by atoms with Crippen LogP contribution >= 0.6 is 0 Å². The van der Waals surface area contributed by atoms with E-state index >= 15 is 0 Å². The van der Waals surface area contributed by atoms with Crippen molar-refractivity contribution in [1.82, 2.24) is 0 Å². The van der Waals surface area contributed by atoms with E-state index in [0.29, 0.717) is 0 Å². The van der Waals surface area contributed by atoms with Gasteiger partial charge in [-0.05, 0) is 115 Å². The van der Waals surface area contributed by atoms with E-state index in [0.717, 1.165) is 29.9 Å². The van der Waals surface area contributed by atoms with E-state index in [4.69, 9.17) is 0 Å². The van der Waals surface area contributed by atoms with E-state index in [1.54, 1.807) is 0 Å². The predicted octanol–water partition coefficient (Wildman–Crippen LogP) is 15.8. The van der Waals surface area contributed by atoms with Gasteiger partial charge >= 0.3 is 0 Å². The maximum absolute atomic E-state index is 2.51. The van der Waals surface area contributed by atoms with Crippen molar-refractivity contribution in [2.75, 3.05) is 4.90 Å². The second-order valence-electron chi connectivity index (χ2n) is 15.9. The van der Waals surface area contributed by atoms with Crippen LogP contribution in [0.25, 0.3) is 49.7 Å². The molecule has 0 atom stereocenters. The number of nitrogens with zero attached hydrogens (tertiary/aromatic N) is 1. The van der Waals surface area contributed by atoms with E-state index < -0.39 is 5.41 Å². The van der Waals surface area contributed by atoms with Gasteiger partial charge in [0.05, 0.1) is 11.1 Å². The number of rotatable bonds is 8. The molecule has 0 bridgehead atoms. The van der Waals surface area contributed by atoms with E-state index in [1.165, 1.54) is 77.6 Å². The average molecular weight is 766 g/mol. The van der Waals surface area contributed by atoms with E-state index in [1.807, 2.05) is 0 Å². The molecular weight excluding hydrogens is 723 g/mol. The van der Waals surface area contributed by atoms with Gasteiger partial charge in [-0.1, -0.05) is 206 Å². The van der Waals surface area contributed by atoms with Crippen LogP contribution in [0.2, 0.25) is 0 Å². The van der Waals surface area contributed by atoms with Crippen molar-refractivity contribution >= 4 is 33.4 Å². The molecule has 1 nitrogen and oxygen atoms in total. The lowest BCUT2D eigenvalue weighted by Gasteiger charge is -2.37. The molecule has 0 fully saturated rings. The van der Waals surface area contributed by atoms with Crippen LogP contribution in [-0.2, 0) is 5.41 Å². The molecule has 9 aromatic rings. The van der Waals surface area contributed by atoms with Gasteiger partial charge in [-0.25, -0.2) is 0 Å². The van der Waals surface area contributed by atoms with Crippen molar-refractivity contribution in [1.29, 1.82) is 0 Å². The molecule has 0 saturated carbocycles. The van der Waals surface area contributed by atoms with Crippen LogP contribution in [0.4, 0.5) is 17.1 Å². The molecule has 2 aliphatic carbocycles. The Hall–Kier alpha value is -7.48. The molecule has 60 heavy (non-hydrogen) atoms. The topological polar surface area (TPSA) is 3.24 Å². The Morgan fingerprint density at radius 1 is 0.400 bits per heavy atom. The highest BCUT2D eigenvalue weighted by atomic mass is 15.1. The standard InChI is InChI=1S/C59H43N/c1-5-19-42(20-6-1)45-25-17-30-49(39-45)60(58-40-46(35-37-53(58)44-21-7-2-8-22-44)52-33-18-24-43-23-13-14-31-51(43)52)50-36-38-55-54-32-15-16-34-56(54)59(57(55)41-50,47-26-9-3-10-27-47)48-28-11-4-12-29-48/h1-15,17-33,35-41H,16,34H2. The van der Waals surface area contributed by atoms with E-state index in [2.05, 4.69) is 242 Å². The van der Waals surface area contributed by atoms with Gasteiger partial charge in [0.25, 0.3) is 0 Å². The molecular formula is C59H43N. The second-order valence-corrected chi connectivity index (χ2v) is 15.9. The summed E-state index contributed by atoms with van der Waals surface area (Å²) >= 11 is 0. The quantitative estimate of drug-likeness (QED) is 0.149. The Kier molecular flexibility index (Phi) is 8.94. The van der Waals surface area contributed by atoms with Gasteiger partial charge in [0.2, 0.25) is 0 Å². The maximum Gasteiger partial charge on any atom is 0.0677 e. The minimum absolute atomic E-state index is 0.446. The first-order valence-corrected chi connectivity index (χ1v) is 21.1. The minimum atomic E-state index is -0.446. The summed E-state index contributed by atoms with van der Waals surface area (Å²) < 4.78 is 0. The van der Waals surface area contributed by atoms with Crippen LogP contribution in [-0.4, -0.2) is 0 Å². The smallest absolute Gasteiger partial charge is 0.0677 e. The summed E-state index contributed by atoms with van der Waals surface area (Å²) in [7, 11) is 0. The zero-order chi connectivity index (χ0) is 39.9. The lowest BCUT2D eigenvalue weighted by atomic mass is 9.65. The van der Waals surface area contributed by atoms with Crippen LogP contribution in [0.1, 0.15) is 35.1 Å². The lowest BCUT2D eigenvalue weighted by Crippen LogP contribution is -2.30. The maximum atomic E-state index is 2.51. The highest BCUT2D eigenvalue weighted by Crippen LogP contribution is 2.58. The third kappa shape index (κ3) is 5.93. The zero-order valence-electron chi connectivity index (χ0n) is 33.4. The Morgan fingerprint density at radius 2 is 1.00 bits per heavy atom. The lowest BCUT2D eigenvalue weighted by molar-refractivity contribution is 0.696. The Labute approximate surface area is 352 Å². The molecule has 9 aromatic carbocycles. The Balaban J connectivity index is 1.21. The number of anilines is 3. The SMILES string of the molecule is C1=CC2=C(CC1)C(c1ccccc1)(c1ccccc1)c1cc(N(c3cccc(-c4ccccc4)c3)c3cc(-c4cccc5ccccc45)ccc3-c3ccccc3)ccc12. The normalized spacial score (nSPS) is 13.9. The highest BCUT2D eigenvalue weighted by Gasteiger charge is 2.47. The minimum Gasteiger partial charge on any atom is -0.310 e. The number of hydrogen-bond donors (Lipinski definition) is 0. The second kappa shape index (κ2) is 15.0. The third-order valence-electron chi connectivity index (χ3n) is 12.6. The molecule has 2 aliphatic rings. The molecule has 0 radical (unpaired) electrons. The molecule has 0 saturated heterocycles. The Morgan fingerprint density at radius 3 is 1.75 bits per heavy atom. The molecule has 0 heterocycles. The van der Waals surface area contributed by atoms with Gasteiger partial charge in [0.15, 0.2) is 0 Å². The molecule has 11 rings (SSSR count). The number of benzene rings is 9. The Bertz CT molecular complexity index is 3020. The first-order chi connectivity index (χ1) is 29.8. The molecule has 0 aromatic heterocycles. The van der Waals surface area contributed by atoms with Crippen LogP contribution < -0.4 is 4.90 Å². The van der Waals surface area contributed by atoms with E-state index in [9.17, 15) is 0 Å². The van der Waals surface area contributed by atoms with Crippen molar-refractivity contribution < 1.29 is 0 Å². The van der Waals surface area contributed by atoms with Crippen LogP contribution in [0.3, 0.4) is 0 Å². The summed E-state index contributed by atoms with van der Waals surface area (Å²) in [6.07, 6.45) is 6.77. The molecule has 0 amide bonds. The highest BCUT2D eigenvalue weighted by molar-refractivity contribution is 6.00. The van der Waals surface area contributed by atoms with Crippen molar-refractivity contribution in [3.8, 4) is 33.4 Å². The van der Waals surface area contributed by atoms with Crippen molar-refractivity contribution in [3.63, 3.8) is 0 Å². The van der Waals surface area contributed by atoms with Crippen LogP contribution in [0.5, 0.6) is 0 Å². The summed E-state index contributed by atoms with van der Waals surface area (Å²) in [6.45, 7) is 0. The average Bonchev–Trinajstić information content (AvgIpc) is 3.63. The first kappa shape index (κ1) is 35.7. The summed E-state index contributed by atoms with van der Waals surface area (Å²) in [5.74, 6) is 0. The van der Waals surface area contributed by atoms with Crippen LogP contribution in [0, 0.1) is 0 Å². The zero-order valence-corrected chi connectivity index (χ0v) is 33.4. The molecule has 1 heteroatoms. The first-order valence-electron chi connectivity index (χ1n) is 21.1. The largest absolute Gasteiger partial charge is 0.310 e. The van der Waals surface area contributed by atoms with Gasteiger partial charge in [-0.2, -0.15) is 0 Å². The van der Waals surface area contributed by atoms with Crippen molar-refractivity contribution in [2.24, 2.45) is 0 Å². The van der Waals surface area contributed by atoms with Gasteiger partial charge in [0.1, 0.15) is 0 Å². The van der Waals surface area contributed by atoms with Crippen molar-refractivity contribution in [3.05, 3.63) is 264 Å². The van der Waals surface area contributed by atoms with Gasteiger partial charge in [-0.15, -0.1) is 0 Å². The molecule has 0 unspecified atom stereocenters. The number of allylic oxidation sites excluding steroid dienone is 4. The molecule has 284 valence electrons. The van der Waals surface area contributed by atoms with Crippen LogP contribution in [0.15, 0.2) is 242 Å². The fourth-order valence-electron chi connectivity index (χ4n) is 9.99. The van der Waals surface area contributed by atoms with Crippen molar-refractivity contribution in [2.45, 2.75) is 18.3 Å².